The second-order valence-corrected chi connectivity index (χ2v) is 7.13. The van der Waals surface area contributed by atoms with Gasteiger partial charge in [0.25, 0.3) is 0 Å². The number of benzene rings is 1. The zero-order valence-corrected chi connectivity index (χ0v) is 18.1. The largest absolute Gasteiger partial charge is 0.345 e. The Balaban J connectivity index is 0.00000182. The van der Waals surface area contributed by atoms with E-state index in [2.05, 4.69) is 21.2 Å². The van der Waals surface area contributed by atoms with Crippen molar-refractivity contribution >= 4 is 47.4 Å². The number of hydrogen-bond acceptors (Lipinski definition) is 6. The summed E-state index contributed by atoms with van der Waals surface area (Å²) in [5.41, 5.74) is 8.25. The van der Waals surface area contributed by atoms with Gasteiger partial charge in [0.05, 0.1) is 0 Å². The molecule has 0 bridgehead atoms. The lowest BCUT2D eigenvalue weighted by molar-refractivity contribution is -0.132. The van der Waals surface area contributed by atoms with E-state index in [4.69, 9.17) is 5.73 Å². The Labute approximate surface area is 177 Å². The van der Waals surface area contributed by atoms with Crippen molar-refractivity contribution in [1.29, 1.82) is 0 Å². The van der Waals surface area contributed by atoms with Gasteiger partial charge >= 0.3 is 0 Å². The summed E-state index contributed by atoms with van der Waals surface area (Å²) in [6.07, 6.45) is 1.76. The predicted molar refractivity (Wildman–Crippen MR) is 115 cm³/mol. The molecule has 2 aromatic rings. The van der Waals surface area contributed by atoms with Gasteiger partial charge < -0.3 is 15.5 Å². The minimum Gasteiger partial charge on any atom is -0.345 e. The fourth-order valence-corrected chi connectivity index (χ4v) is 3.76. The predicted octanol–water partition coefficient (Wildman–Crippen LogP) is 2.99. The fourth-order valence-electron chi connectivity index (χ4n) is 2.96. The van der Waals surface area contributed by atoms with Gasteiger partial charge in [0.2, 0.25) is 11.0 Å². The smallest absolute Gasteiger partial charge is 0.244 e. The third-order valence-corrected chi connectivity index (χ3v) is 5.37. The van der Waals surface area contributed by atoms with Gasteiger partial charge in [0.1, 0.15) is 11.9 Å². The summed E-state index contributed by atoms with van der Waals surface area (Å²) in [4.78, 5) is 21.5. The van der Waals surface area contributed by atoms with E-state index in [1.54, 1.807) is 0 Å². The maximum Gasteiger partial charge on any atom is 0.244 e. The summed E-state index contributed by atoms with van der Waals surface area (Å²) < 4.78 is 4.36. The van der Waals surface area contributed by atoms with Crippen LogP contribution >= 0.6 is 36.3 Å². The van der Waals surface area contributed by atoms with Gasteiger partial charge in [-0.3, -0.25) is 4.79 Å². The molecule has 6 nitrogen and oxygen atoms in total. The number of halogens is 2. The van der Waals surface area contributed by atoms with Crippen LogP contribution in [0.3, 0.4) is 0 Å². The molecule has 150 valence electrons. The second-order valence-electron chi connectivity index (χ2n) is 6.40. The van der Waals surface area contributed by atoms with Crippen LogP contribution in [0.5, 0.6) is 0 Å². The van der Waals surface area contributed by atoms with E-state index in [1.165, 1.54) is 11.5 Å². The highest BCUT2D eigenvalue weighted by Crippen LogP contribution is 2.21. The first-order chi connectivity index (χ1) is 12.1. The van der Waals surface area contributed by atoms with E-state index in [0.29, 0.717) is 6.54 Å². The van der Waals surface area contributed by atoms with Gasteiger partial charge in [-0.15, -0.1) is 24.8 Å². The Morgan fingerprint density at radius 3 is 2.52 bits per heavy atom. The van der Waals surface area contributed by atoms with Crippen molar-refractivity contribution in [3.63, 3.8) is 0 Å². The van der Waals surface area contributed by atoms with Crippen molar-refractivity contribution in [2.75, 3.05) is 31.1 Å². The zero-order valence-electron chi connectivity index (χ0n) is 15.6. The van der Waals surface area contributed by atoms with Crippen LogP contribution in [-0.4, -0.2) is 46.3 Å². The van der Waals surface area contributed by atoms with E-state index >= 15 is 0 Å². The molecule has 1 aliphatic heterocycles. The van der Waals surface area contributed by atoms with Gasteiger partial charge in [-0.2, -0.15) is 4.37 Å². The quantitative estimate of drug-likeness (QED) is 0.804. The molecule has 1 aliphatic rings. The van der Waals surface area contributed by atoms with Crippen LogP contribution in [0, 0.1) is 6.92 Å². The van der Waals surface area contributed by atoms with Crippen LogP contribution in [0.15, 0.2) is 24.3 Å². The first-order valence-electron chi connectivity index (χ1n) is 8.77. The Bertz CT molecular complexity index is 725. The molecule has 1 unspecified atom stereocenters. The highest BCUT2D eigenvalue weighted by molar-refractivity contribution is 7.09. The van der Waals surface area contributed by atoms with Gasteiger partial charge in [-0.1, -0.05) is 36.8 Å². The topological polar surface area (TPSA) is 75.4 Å². The number of hydrogen-bond donors (Lipinski definition) is 1. The summed E-state index contributed by atoms with van der Waals surface area (Å²) in [6, 6.07) is 7.27. The molecule has 1 aromatic carbocycles. The second kappa shape index (κ2) is 10.8. The number of nitrogens with two attached hydrogens (primary N) is 1. The number of carbonyl (C=O) groups is 1. The van der Waals surface area contributed by atoms with Crippen molar-refractivity contribution in [2.45, 2.75) is 32.7 Å². The molecule has 9 heteroatoms. The van der Waals surface area contributed by atoms with Crippen LogP contribution in [0.2, 0.25) is 0 Å². The summed E-state index contributed by atoms with van der Waals surface area (Å²) in [7, 11) is 0. The molecular formula is C18H27Cl2N5OS. The van der Waals surface area contributed by atoms with E-state index in [-0.39, 0.29) is 30.7 Å². The molecule has 0 radical (unpaired) electrons. The minimum atomic E-state index is -0.597. The molecule has 2 N–H and O–H groups in total. The third-order valence-electron chi connectivity index (χ3n) is 4.55. The number of anilines is 1. The molecule has 1 atom stereocenters. The number of aryl methyl sites for hydroxylation is 2. The van der Waals surface area contributed by atoms with Crippen LogP contribution in [0.1, 0.15) is 36.3 Å². The number of rotatable bonds is 4. The molecule has 1 fully saturated rings. The van der Waals surface area contributed by atoms with Crippen LogP contribution in [-0.2, 0) is 11.2 Å². The summed E-state index contributed by atoms with van der Waals surface area (Å²) in [5, 5.41) is 0.953. The number of carbonyl (C=O) groups excluding carboxylic acids is 1. The van der Waals surface area contributed by atoms with Gasteiger partial charge in [0.15, 0.2) is 0 Å². The lowest BCUT2D eigenvalue weighted by Gasteiger charge is -2.24. The fraction of sp³-hybridized carbons (Fsp3) is 0.500. The summed E-state index contributed by atoms with van der Waals surface area (Å²) >= 11 is 1.44. The molecular weight excluding hydrogens is 405 g/mol. The SMILES string of the molecule is CCc1nsc(N2CCCN(C(=O)C(N)c3ccc(C)cc3)CC2)n1.Cl.Cl. The minimum absolute atomic E-state index is 0. The average Bonchev–Trinajstić information content (AvgIpc) is 2.98. The average molecular weight is 432 g/mol. The van der Waals surface area contributed by atoms with Crippen LogP contribution < -0.4 is 10.6 Å². The first kappa shape index (κ1) is 23.6. The lowest BCUT2D eigenvalue weighted by Crippen LogP contribution is -2.40. The Morgan fingerprint density at radius 1 is 1.19 bits per heavy atom. The van der Waals surface area contributed by atoms with E-state index in [9.17, 15) is 4.79 Å². The molecule has 1 amide bonds. The summed E-state index contributed by atoms with van der Waals surface area (Å²) in [5.74, 6) is 0.885. The molecule has 1 saturated heterocycles. The highest BCUT2D eigenvalue weighted by atomic mass is 35.5. The van der Waals surface area contributed by atoms with Crippen molar-refractivity contribution in [2.24, 2.45) is 5.73 Å². The van der Waals surface area contributed by atoms with Gasteiger partial charge in [-0.25, -0.2) is 4.98 Å². The van der Waals surface area contributed by atoms with Gasteiger partial charge in [0, 0.05) is 44.1 Å². The molecule has 2 heterocycles. The van der Waals surface area contributed by atoms with E-state index < -0.39 is 6.04 Å². The zero-order chi connectivity index (χ0) is 17.8. The monoisotopic (exact) mass is 431 g/mol. The maximum absolute atomic E-state index is 12.8. The Kier molecular flexibility index (Phi) is 9.45. The van der Waals surface area contributed by atoms with Crippen molar-refractivity contribution in [1.82, 2.24) is 14.3 Å². The number of nitrogens with zero attached hydrogens (tertiary/aromatic N) is 4. The van der Waals surface area contributed by atoms with Crippen molar-refractivity contribution in [3.8, 4) is 0 Å². The Hall–Kier alpha value is -1.41. The molecule has 1 aromatic heterocycles. The summed E-state index contributed by atoms with van der Waals surface area (Å²) in [6.45, 7) is 7.14. The molecule has 0 spiro atoms. The Morgan fingerprint density at radius 2 is 1.89 bits per heavy atom. The highest BCUT2D eigenvalue weighted by Gasteiger charge is 2.25. The van der Waals surface area contributed by atoms with Crippen molar-refractivity contribution in [3.05, 3.63) is 41.2 Å². The van der Waals surface area contributed by atoms with Crippen molar-refractivity contribution < 1.29 is 4.79 Å². The first-order valence-corrected chi connectivity index (χ1v) is 9.54. The van der Waals surface area contributed by atoms with Crippen LogP contribution in [0.25, 0.3) is 0 Å². The van der Waals surface area contributed by atoms with Crippen LogP contribution in [0.4, 0.5) is 5.13 Å². The van der Waals surface area contributed by atoms with E-state index in [1.807, 2.05) is 36.1 Å². The number of amides is 1. The number of aromatic nitrogens is 2. The molecule has 0 saturated carbocycles. The molecule has 0 aliphatic carbocycles. The van der Waals surface area contributed by atoms with Gasteiger partial charge in [-0.05, 0) is 18.9 Å². The normalized spacial score (nSPS) is 15.4. The lowest BCUT2D eigenvalue weighted by atomic mass is 10.0. The standard InChI is InChI=1S/C18H25N5OS.2ClH/c1-3-15-20-18(25-21-15)23-10-4-9-22(11-12-23)17(24)16(19)14-7-5-13(2)6-8-14;;/h5-8,16H,3-4,9-12,19H2,1-2H3;2*1H. The molecule has 27 heavy (non-hydrogen) atoms. The maximum atomic E-state index is 12.8. The van der Waals surface area contributed by atoms with E-state index in [0.717, 1.165) is 54.6 Å². The third kappa shape index (κ3) is 5.78. The molecule has 3 rings (SSSR count).